The van der Waals surface area contributed by atoms with Crippen LogP contribution in [0.15, 0.2) is 30.3 Å². The molecule has 2 nitrogen and oxygen atoms in total. The predicted octanol–water partition coefficient (Wildman–Crippen LogP) is 4.48. The van der Waals surface area contributed by atoms with Gasteiger partial charge in [-0.25, -0.2) is 0 Å². The van der Waals surface area contributed by atoms with E-state index in [0.29, 0.717) is 18.0 Å². The van der Waals surface area contributed by atoms with Gasteiger partial charge in [0.1, 0.15) is 0 Å². The molecule has 0 aliphatic rings. The molecule has 1 aromatic rings. The quantitative estimate of drug-likeness (QED) is 0.683. The monoisotopic (exact) mass is 290 g/mol. The van der Waals surface area contributed by atoms with Crippen molar-refractivity contribution >= 4 is 0 Å². The van der Waals surface area contributed by atoms with Gasteiger partial charge in [0, 0.05) is 18.6 Å². The molecule has 0 amide bonds. The average Bonchev–Trinajstić information content (AvgIpc) is 2.50. The highest BCUT2D eigenvalue weighted by Gasteiger charge is 2.21. The fourth-order valence-electron chi connectivity index (χ4n) is 3.23. The molecule has 0 bridgehead atoms. The highest BCUT2D eigenvalue weighted by molar-refractivity contribution is 5.19. The minimum absolute atomic E-state index is 0.447. The second-order valence-corrected chi connectivity index (χ2v) is 6.23. The van der Waals surface area contributed by atoms with Crippen molar-refractivity contribution in [1.29, 1.82) is 0 Å². The molecule has 2 atom stereocenters. The Balaban J connectivity index is 2.73. The van der Waals surface area contributed by atoms with Crippen molar-refractivity contribution in [2.75, 3.05) is 20.1 Å². The fourth-order valence-corrected chi connectivity index (χ4v) is 3.23. The van der Waals surface area contributed by atoms with Crippen LogP contribution in [-0.2, 0) is 0 Å². The van der Waals surface area contributed by atoms with Gasteiger partial charge < -0.3 is 10.2 Å². The lowest BCUT2D eigenvalue weighted by Crippen LogP contribution is -2.39. The zero-order chi connectivity index (χ0) is 15.7. The normalized spacial score (nSPS) is 14.6. The molecular weight excluding hydrogens is 256 g/mol. The summed E-state index contributed by atoms with van der Waals surface area (Å²) in [5.41, 5.74) is 1.41. The molecule has 2 heteroatoms. The lowest BCUT2D eigenvalue weighted by atomic mass is 9.93. The summed E-state index contributed by atoms with van der Waals surface area (Å²) >= 11 is 0. The summed E-state index contributed by atoms with van der Waals surface area (Å²) in [5, 5.41) is 3.74. The number of hydrogen-bond donors (Lipinski definition) is 1. The Hall–Kier alpha value is -0.860. The molecule has 2 unspecified atom stereocenters. The van der Waals surface area contributed by atoms with Crippen LogP contribution in [0.25, 0.3) is 0 Å². The zero-order valence-corrected chi connectivity index (χ0v) is 14.6. The maximum atomic E-state index is 3.74. The third kappa shape index (κ3) is 5.80. The Labute approximate surface area is 131 Å². The van der Waals surface area contributed by atoms with Gasteiger partial charge in [0.25, 0.3) is 0 Å². The summed E-state index contributed by atoms with van der Waals surface area (Å²) in [6, 6.07) is 12.0. The molecule has 120 valence electrons. The van der Waals surface area contributed by atoms with Gasteiger partial charge >= 0.3 is 0 Å². The van der Waals surface area contributed by atoms with Crippen LogP contribution < -0.4 is 5.32 Å². The lowest BCUT2D eigenvalue weighted by Gasteiger charge is -2.33. The van der Waals surface area contributed by atoms with E-state index >= 15 is 0 Å². The van der Waals surface area contributed by atoms with Crippen molar-refractivity contribution in [1.82, 2.24) is 10.2 Å². The third-order valence-electron chi connectivity index (χ3n) is 4.48. The molecule has 0 spiro atoms. The Morgan fingerprint density at radius 1 is 1.05 bits per heavy atom. The van der Waals surface area contributed by atoms with E-state index in [1.165, 1.54) is 24.8 Å². The van der Waals surface area contributed by atoms with E-state index in [1.54, 1.807) is 0 Å². The second kappa shape index (κ2) is 9.97. The smallest absolute Gasteiger partial charge is 0.0358 e. The average molecular weight is 290 g/mol. The van der Waals surface area contributed by atoms with Gasteiger partial charge in [-0.3, -0.25) is 0 Å². The number of rotatable bonds is 10. The van der Waals surface area contributed by atoms with Crippen molar-refractivity contribution < 1.29 is 0 Å². The van der Waals surface area contributed by atoms with E-state index in [0.717, 1.165) is 13.1 Å². The van der Waals surface area contributed by atoms with Crippen LogP contribution in [-0.4, -0.2) is 31.1 Å². The lowest BCUT2D eigenvalue weighted by molar-refractivity contribution is 0.181. The number of nitrogens with zero attached hydrogens (tertiary/aromatic N) is 1. The molecule has 0 saturated carbocycles. The van der Waals surface area contributed by atoms with Crippen molar-refractivity contribution in [2.45, 2.75) is 59.0 Å². The largest absolute Gasteiger partial charge is 0.310 e. The van der Waals surface area contributed by atoms with E-state index in [2.05, 4.69) is 75.3 Å². The maximum Gasteiger partial charge on any atom is 0.0358 e. The van der Waals surface area contributed by atoms with Gasteiger partial charge in [0.05, 0.1) is 0 Å². The first-order chi connectivity index (χ1) is 10.1. The fraction of sp³-hybridized carbons (Fsp3) is 0.684. The highest BCUT2D eigenvalue weighted by Crippen LogP contribution is 2.23. The SMILES string of the molecule is CCCNC(c1ccccc1)C(C)CN(C)C(CC)CC. The van der Waals surface area contributed by atoms with Crippen LogP contribution in [0.2, 0.25) is 0 Å². The second-order valence-electron chi connectivity index (χ2n) is 6.23. The molecule has 1 rings (SSSR count). The first-order valence-corrected chi connectivity index (χ1v) is 8.62. The Morgan fingerprint density at radius 2 is 1.67 bits per heavy atom. The molecular formula is C19H34N2. The molecule has 0 fully saturated rings. The van der Waals surface area contributed by atoms with Gasteiger partial charge in [-0.2, -0.15) is 0 Å². The molecule has 0 saturated heterocycles. The first-order valence-electron chi connectivity index (χ1n) is 8.62. The van der Waals surface area contributed by atoms with E-state index in [1.807, 2.05) is 0 Å². The van der Waals surface area contributed by atoms with Crippen molar-refractivity contribution in [3.63, 3.8) is 0 Å². The Kier molecular flexibility index (Phi) is 8.63. The topological polar surface area (TPSA) is 15.3 Å². The van der Waals surface area contributed by atoms with E-state index < -0.39 is 0 Å². The van der Waals surface area contributed by atoms with Crippen LogP contribution in [0.4, 0.5) is 0 Å². The molecule has 0 heterocycles. The molecule has 0 radical (unpaired) electrons. The van der Waals surface area contributed by atoms with Gasteiger partial charge in [-0.15, -0.1) is 0 Å². The van der Waals surface area contributed by atoms with Crippen molar-refractivity contribution in [2.24, 2.45) is 5.92 Å². The molecule has 1 N–H and O–H groups in total. The third-order valence-corrected chi connectivity index (χ3v) is 4.48. The summed E-state index contributed by atoms with van der Waals surface area (Å²) in [6.45, 7) is 11.4. The summed E-state index contributed by atoms with van der Waals surface area (Å²) in [6.07, 6.45) is 3.65. The van der Waals surface area contributed by atoms with Gasteiger partial charge in [-0.05, 0) is 44.3 Å². The van der Waals surface area contributed by atoms with Gasteiger partial charge in [0.15, 0.2) is 0 Å². The Bertz CT molecular complexity index is 359. The minimum atomic E-state index is 0.447. The van der Waals surface area contributed by atoms with Crippen LogP contribution in [0.5, 0.6) is 0 Å². The number of benzene rings is 1. The maximum absolute atomic E-state index is 3.74. The first kappa shape index (κ1) is 18.2. The number of hydrogen-bond acceptors (Lipinski definition) is 2. The van der Waals surface area contributed by atoms with Crippen molar-refractivity contribution in [3.05, 3.63) is 35.9 Å². The molecule has 0 aromatic heterocycles. The highest BCUT2D eigenvalue weighted by atomic mass is 15.1. The molecule has 0 aliphatic heterocycles. The summed E-state index contributed by atoms with van der Waals surface area (Å²) in [4.78, 5) is 2.54. The molecule has 1 aromatic carbocycles. The summed E-state index contributed by atoms with van der Waals surface area (Å²) in [7, 11) is 2.27. The number of nitrogens with one attached hydrogen (secondary N) is 1. The van der Waals surface area contributed by atoms with E-state index in [4.69, 9.17) is 0 Å². The van der Waals surface area contributed by atoms with Gasteiger partial charge in [0.2, 0.25) is 0 Å². The molecule has 21 heavy (non-hydrogen) atoms. The predicted molar refractivity (Wildman–Crippen MR) is 93.6 cm³/mol. The zero-order valence-electron chi connectivity index (χ0n) is 14.6. The van der Waals surface area contributed by atoms with Crippen molar-refractivity contribution in [3.8, 4) is 0 Å². The van der Waals surface area contributed by atoms with E-state index in [9.17, 15) is 0 Å². The Morgan fingerprint density at radius 3 is 2.19 bits per heavy atom. The van der Waals surface area contributed by atoms with Crippen LogP contribution in [0.1, 0.15) is 58.6 Å². The summed E-state index contributed by atoms with van der Waals surface area (Å²) in [5.74, 6) is 0.601. The van der Waals surface area contributed by atoms with Crippen LogP contribution >= 0.6 is 0 Å². The minimum Gasteiger partial charge on any atom is -0.310 e. The van der Waals surface area contributed by atoms with E-state index in [-0.39, 0.29) is 0 Å². The van der Waals surface area contributed by atoms with Crippen LogP contribution in [0, 0.1) is 5.92 Å². The standard InChI is InChI=1S/C19H34N2/c1-6-14-20-19(17-12-10-9-11-13-17)16(4)15-21(5)18(7-2)8-3/h9-13,16,18-20H,6-8,14-15H2,1-5H3. The summed E-state index contributed by atoms with van der Waals surface area (Å²) < 4.78 is 0. The van der Waals surface area contributed by atoms with Gasteiger partial charge in [-0.1, -0.05) is 58.0 Å². The van der Waals surface area contributed by atoms with Crippen LogP contribution in [0.3, 0.4) is 0 Å². The molecule has 0 aliphatic carbocycles.